The van der Waals surface area contributed by atoms with Crippen LogP contribution in [0.4, 0.5) is 5.95 Å². The molecule has 0 spiro atoms. The maximum atomic E-state index is 5.70. The van der Waals surface area contributed by atoms with Gasteiger partial charge < -0.3 is 10.5 Å². The lowest BCUT2D eigenvalue weighted by Crippen LogP contribution is -2.09. The van der Waals surface area contributed by atoms with Gasteiger partial charge in [0.05, 0.1) is 7.11 Å². The van der Waals surface area contributed by atoms with E-state index >= 15 is 0 Å². The summed E-state index contributed by atoms with van der Waals surface area (Å²) < 4.78 is 6.61. The highest BCUT2D eigenvalue weighted by Gasteiger charge is 2.14. The van der Waals surface area contributed by atoms with Crippen LogP contribution >= 0.6 is 0 Å². The van der Waals surface area contributed by atoms with Crippen LogP contribution in [0.1, 0.15) is 0 Å². The average molecular weight is 270 g/mol. The zero-order chi connectivity index (χ0) is 13.9. The van der Waals surface area contributed by atoms with Gasteiger partial charge in [-0.25, -0.2) is 14.6 Å². The van der Waals surface area contributed by atoms with Gasteiger partial charge in [-0.05, 0) is 6.07 Å². The first-order valence-electron chi connectivity index (χ1n) is 5.65. The maximum absolute atomic E-state index is 5.70. The Balaban J connectivity index is 2.15. The number of nitrogens with two attached hydrogens (primary N) is 1. The van der Waals surface area contributed by atoms with E-state index in [9.17, 15) is 0 Å². The van der Waals surface area contributed by atoms with Gasteiger partial charge in [-0.15, -0.1) is 0 Å². The summed E-state index contributed by atoms with van der Waals surface area (Å²) in [5.41, 5.74) is 6.09. The molecule has 20 heavy (non-hydrogen) atoms. The van der Waals surface area contributed by atoms with E-state index in [1.165, 1.54) is 24.2 Å². The fourth-order valence-corrected chi connectivity index (χ4v) is 1.60. The lowest BCUT2D eigenvalue weighted by Gasteiger charge is -2.06. The third-order valence-electron chi connectivity index (χ3n) is 2.42. The van der Waals surface area contributed by atoms with Crippen molar-refractivity contribution in [2.75, 3.05) is 12.8 Å². The fourth-order valence-electron chi connectivity index (χ4n) is 1.60. The zero-order valence-electron chi connectivity index (χ0n) is 10.5. The molecule has 0 bridgehead atoms. The molecule has 9 heteroatoms. The second-order valence-corrected chi connectivity index (χ2v) is 3.68. The van der Waals surface area contributed by atoms with Crippen molar-refractivity contribution in [3.63, 3.8) is 0 Å². The minimum absolute atomic E-state index is 0.0632. The van der Waals surface area contributed by atoms with Crippen LogP contribution in [-0.4, -0.2) is 41.8 Å². The van der Waals surface area contributed by atoms with E-state index in [4.69, 9.17) is 10.5 Å². The molecule has 100 valence electrons. The molecule has 3 aromatic heterocycles. The van der Waals surface area contributed by atoms with Crippen molar-refractivity contribution in [2.24, 2.45) is 0 Å². The van der Waals surface area contributed by atoms with Crippen molar-refractivity contribution >= 4 is 5.95 Å². The van der Waals surface area contributed by atoms with Gasteiger partial charge in [0, 0.05) is 24.8 Å². The molecular formula is C11H10N8O. The van der Waals surface area contributed by atoms with Gasteiger partial charge in [0.2, 0.25) is 11.8 Å². The predicted octanol–water partition coefficient (Wildman–Crippen LogP) is 0.105. The van der Waals surface area contributed by atoms with Gasteiger partial charge in [-0.3, -0.25) is 0 Å². The molecule has 0 atom stereocenters. The topological polar surface area (TPSA) is 118 Å². The summed E-state index contributed by atoms with van der Waals surface area (Å²) >= 11 is 0. The molecule has 3 heterocycles. The van der Waals surface area contributed by atoms with Crippen LogP contribution in [0.2, 0.25) is 0 Å². The van der Waals surface area contributed by atoms with Crippen LogP contribution in [0.25, 0.3) is 17.5 Å². The maximum Gasteiger partial charge on any atom is 0.255 e. The Bertz CT molecular complexity index is 727. The van der Waals surface area contributed by atoms with E-state index < -0.39 is 0 Å². The lowest BCUT2D eigenvalue weighted by molar-refractivity contribution is 0.397. The highest BCUT2D eigenvalue weighted by atomic mass is 16.5. The van der Waals surface area contributed by atoms with Crippen LogP contribution in [0.3, 0.4) is 0 Å². The summed E-state index contributed by atoms with van der Waals surface area (Å²) in [7, 11) is 1.49. The SMILES string of the molecule is COc1nccnc1-c1nc(N)nc(-n2cccn2)n1. The molecule has 0 saturated carbocycles. The number of methoxy groups -OCH3 is 1. The van der Waals surface area contributed by atoms with Gasteiger partial charge in [0.25, 0.3) is 5.95 Å². The second-order valence-electron chi connectivity index (χ2n) is 3.68. The van der Waals surface area contributed by atoms with Gasteiger partial charge in [0.15, 0.2) is 11.5 Å². The van der Waals surface area contributed by atoms with Crippen LogP contribution in [0.5, 0.6) is 5.88 Å². The monoisotopic (exact) mass is 270 g/mol. The fraction of sp³-hybridized carbons (Fsp3) is 0.0909. The molecule has 0 aliphatic rings. The molecular weight excluding hydrogens is 260 g/mol. The molecule has 0 unspecified atom stereocenters. The average Bonchev–Trinajstić information content (AvgIpc) is 3.01. The number of hydrogen-bond acceptors (Lipinski definition) is 8. The third-order valence-corrected chi connectivity index (χ3v) is 2.42. The summed E-state index contributed by atoms with van der Waals surface area (Å²) in [6, 6.07) is 1.75. The van der Waals surface area contributed by atoms with Crippen molar-refractivity contribution in [3.8, 4) is 23.3 Å². The van der Waals surface area contributed by atoms with E-state index in [1.54, 1.807) is 18.5 Å². The molecule has 0 aromatic carbocycles. The summed E-state index contributed by atoms with van der Waals surface area (Å²) in [4.78, 5) is 20.6. The van der Waals surface area contributed by atoms with E-state index in [0.29, 0.717) is 17.5 Å². The molecule has 0 saturated heterocycles. The van der Waals surface area contributed by atoms with E-state index in [0.717, 1.165) is 0 Å². The molecule has 3 rings (SSSR count). The van der Waals surface area contributed by atoms with Crippen molar-refractivity contribution in [3.05, 3.63) is 30.9 Å². The number of nitrogen functional groups attached to an aromatic ring is 1. The number of rotatable bonds is 3. The summed E-state index contributed by atoms with van der Waals surface area (Å²) in [5.74, 6) is 0.941. The van der Waals surface area contributed by atoms with Crippen LogP contribution in [-0.2, 0) is 0 Å². The minimum atomic E-state index is 0.0632. The molecule has 9 nitrogen and oxygen atoms in total. The van der Waals surface area contributed by atoms with Crippen molar-refractivity contribution in [1.82, 2.24) is 34.7 Å². The lowest BCUT2D eigenvalue weighted by atomic mass is 10.4. The number of aromatic nitrogens is 7. The van der Waals surface area contributed by atoms with Crippen molar-refractivity contribution in [1.29, 1.82) is 0 Å². The molecule has 3 aromatic rings. The zero-order valence-corrected chi connectivity index (χ0v) is 10.5. The van der Waals surface area contributed by atoms with Crippen LogP contribution < -0.4 is 10.5 Å². The normalized spacial score (nSPS) is 10.4. The Morgan fingerprint density at radius 2 is 1.95 bits per heavy atom. The standard InChI is InChI=1S/C11H10N8O/c1-20-9-7(13-4-5-14-9)8-16-10(12)18-11(17-8)19-6-2-3-15-19/h2-6H,1H3,(H2,12,16,17,18). The number of ether oxygens (including phenoxy) is 1. The minimum Gasteiger partial charge on any atom is -0.479 e. The van der Waals surface area contributed by atoms with E-state index in [1.807, 2.05) is 0 Å². The first-order valence-corrected chi connectivity index (χ1v) is 5.65. The Labute approximate surface area is 113 Å². The second kappa shape index (κ2) is 4.88. The van der Waals surface area contributed by atoms with Gasteiger partial charge >= 0.3 is 0 Å². The highest BCUT2D eigenvalue weighted by molar-refractivity contribution is 5.57. The van der Waals surface area contributed by atoms with E-state index in [2.05, 4.69) is 30.0 Å². The van der Waals surface area contributed by atoms with Gasteiger partial charge in [0.1, 0.15) is 0 Å². The first-order chi connectivity index (χ1) is 9.78. The Kier molecular flexibility index (Phi) is 2.92. The number of anilines is 1. The number of nitrogens with zero attached hydrogens (tertiary/aromatic N) is 7. The molecule has 0 aliphatic heterocycles. The van der Waals surface area contributed by atoms with Crippen LogP contribution in [0, 0.1) is 0 Å². The van der Waals surface area contributed by atoms with Gasteiger partial charge in [-0.2, -0.15) is 20.1 Å². The van der Waals surface area contributed by atoms with Gasteiger partial charge in [-0.1, -0.05) is 0 Å². The summed E-state index contributed by atoms with van der Waals surface area (Å²) in [6.45, 7) is 0. The Hall–Kier alpha value is -3.10. The Morgan fingerprint density at radius 3 is 2.70 bits per heavy atom. The molecule has 0 fully saturated rings. The summed E-state index contributed by atoms with van der Waals surface area (Å²) in [5, 5.41) is 4.05. The first kappa shape index (κ1) is 12.0. The quantitative estimate of drug-likeness (QED) is 0.712. The molecule has 2 N–H and O–H groups in total. The molecule has 0 radical (unpaired) electrons. The largest absolute Gasteiger partial charge is 0.479 e. The highest BCUT2D eigenvalue weighted by Crippen LogP contribution is 2.22. The number of hydrogen-bond donors (Lipinski definition) is 1. The van der Waals surface area contributed by atoms with Crippen molar-refractivity contribution in [2.45, 2.75) is 0 Å². The Morgan fingerprint density at radius 1 is 1.10 bits per heavy atom. The van der Waals surface area contributed by atoms with Crippen LogP contribution in [0.15, 0.2) is 30.9 Å². The smallest absolute Gasteiger partial charge is 0.255 e. The predicted molar refractivity (Wildman–Crippen MR) is 68.9 cm³/mol. The third kappa shape index (κ3) is 2.11. The molecule has 0 amide bonds. The van der Waals surface area contributed by atoms with E-state index in [-0.39, 0.29) is 11.8 Å². The van der Waals surface area contributed by atoms with Crippen molar-refractivity contribution < 1.29 is 4.74 Å². The molecule has 0 aliphatic carbocycles. The summed E-state index contributed by atoms with van der Waals surface area (Å²) in [6.07, 6.45) is 6.35.